The molecule has 2 saturated carbocycles. The van der Waals surface area contributed by atoms with Crippen LogP contribution in [0, 0.1) is 24.7 Å². The highest BCUT2D eigenvalue weighted by atomic mass is 79.9. The molecule has 2 aliphatic rings. The highest BCUT2D eigenvalue weighted by Crippen LogP contribution is 2.55. The lowest BCUT2D eigenvalue weighted by Gasteiger charge is -2.13. The molecule has 0 N–H and O–H groups in total. The fourth-order valence-corrected chi connectivity index (χ4v) is 3.98. The topological polar surface area (TPSA) is 17.1 Å². The summed E-state index contributed by atoms with van der Waals surface area (Å²) in [5.74, 6) is 2.31. The van der Waals surface area contributed by atoms with Crippen LogP contribution in [0.3, 0.4) is 0 Å². The summed E-state index contributed by atoms with van der Waals surface area (Å²) in [5.41, 5.74) is 2.00. The van der Waals surface area contributed by atoms with E-state index in [9.17, 15) is 4.79 Å². The molecule has 1 aromatic rings. The molecule has 2 aliphatic carbocycles. The number of fused-ring (bicyclic) bond motifs is 1. The molecule has 0 aliphatic heterocycles. The van der Waals surface area contributed by atoms with Crippen LogP contribution in [0.2, 0.25) is 0 Å². The zero-order chi connectivity index (χ0) is 12.2. The fraction of sp³-hybridized carbons (Fsp3) is 0.500. The van der Waals surface area contributed by atoms with Crippen LogP contribution in [-0.4, -0.2) is 5.78 Å². The van der Waals surface area contributed by atoms with Gasteiger partial charge in [-0.05, 0) is 55.7 Å². The molecule has 0 aromatic heterocycles. The van der Waals surface area contributed by atoms with Crippen LogP contribution in [0.4, 0.5) is 0 Å². The Morgan fingerprint density at radius 3 is 2.41 bits per heavy atom. The lowest BCUT2D eigenvalue weighted by Crippen LogP contribution is -2.13. The van der Waals surface area contributed by atoms with Crippen LogP contribution in [0.1, 0.15) is 35.2 Å². The molecular formula is C14H14Br2O. The van der Waals surface area contributed by atoms with Crippen molar-refractivity contribution in [2.45, 2.75) is 26.2 Å². The van der Waals surface area contributed by atoms with Crippen LogP contribution < -0.4 is 0 Å². The molecule has 0 radical (unpaired) electrons. The molecule has 0 heterocycles. The number of ketones is 1. The van der Waals surface area contributed by atoms with Gasteiger partial charge in [-0.15, -0.1) is 0 Å². The molecule has 2 atom stereocenters. The predicted molar refractivity (Wildman–Crippen MR) is 75.2 cm³/mol. The Bertz CT molecular complexity index is 485. The third kappa shape index (κ3) is 2.12. The Kier molecular flexibility index (Phi) is 2.94. The van der Waals surface area contributed by atoms with Crippen LogP contribution >= 0.6 is 31.9 Å². The van der Waals surface area contributed by atoms with E-state index >= 15 is 0 Å². The predicted octanol–water partition coefficient (Wildman–Crippen LogP) is 4.75. The first kappa shape index (κ1) is 11.9. The van der Waals surface area contributed by atoms with Crippen LogP contribution in [-0.2, 0) is 0 Å². The number of benzene rings is 1. The average Bonchev–Trinajstić information content (AvgIpc) is 2.90. The molecule has 3 heteroatoms. The second-order valence-electron chi connectivity index (χ2n) is 5.37. The van der Waals surface area contributed by atoms with Gasteiger partial charge in [0.2, 0.25) is 0 Å². The molecule has 3 rings (SSSR count). The summed E-state index contributed by atoms with van der Waals surface area (Å²) in [4.78, 5) is 12.4. The molecule has 0 amide bonds. The van der Waals surface area contributed by atoms with E-state index in [0.29, 0.717) is 5.78 Å². The minimum Gasteiger partial charge on any atom is -0.294 e. The quantitative estimate of drug-likeness (QED) is 0.698. The van der Waals surface area contributed by atoms with Crippen molar-refractivity contribution in [1.29, 1.82) is 0 Å². The number of hydrogen-bond donors (Lipinski definition) is 0. The molecule has 2 fully saturated rings. The van der Waals surface area contributed by atoms with Gasteiger partial charge < -0.3 is 0 Å². The Morgan fingerprint density at radius 2 is 1.76 bits per heavy atom. The maximum absolute atomic E-state index is 12.4. The highest BCUT2D eigenvalue weighted by Gasteiger charge is 2.48. The van der Waals surface area contributed by atoms with Crippen molar-refractivity contribution in [3.05, 3.63) is 32.2 Å². The number of Topliss-reactive ketones (excluding diaryl/α,β-unsaturated/α-hetero) is 1. The molecule has 2 unspecified atom stereocenters. The van der Waals surface area contributed by atoms with Gasteiger partial charge in [0, 0.05) is 20.4 Å². The number of rotatable bonds is 2. The van der Waals surface area contributed by atoms with E-state index in [2.05, 4.69) is 31.9 Å². The van der Waals surface area contributed by atoms with Crippen molar-refractivity contribution in [2.75, 3.05) is 0 Å². The smallest absolute Gasteiger partial charge is 0.167 e. The monoisotopic (exact) mass is 356 g/mol. The van der Waals surface area contributed by atoms with Gasteiger partial charge in [0.1, 0.15) is 0 Å². The number of aryl methyl sites for hydroxylation is 1. The van der Waals surface area contributed by atoms with E-state index < -0.39 is 0 Å². The SMILES string of the molecule is Cc1cc(Br)c(C(=O)C2CC3CC3C2)cc1Br. The van der Waals surface area contributed by atoms with E-state index in [1.54, 1.807) is 0 Å². The first-order valence-electron chi connectivity index (χ1n) is 6.06. The van der Waals surface area contributed by atoms with Crippen molar-refractivity contribution in [2.24, 2.45) is 17.8 Å². The lowest BCUT2D eigenvalue weighted by molar-refractivity contribution is 0.0913. The minimum atomic E-state index is 0.268. The summed E-state index contributed by atoms with van der Waals surface area (Å²) in [5, 5.41) is 0. The summed E-state index contributed by atoms with van der Waals surface area (Å²) in [6.07, 6.45) is 3.59. The number of halogens is 2. The second-order valence-corrected chi connectivity index (χ2v) is 7.08. The molecule has 90 valence electrons. The third-order valence-corrected chi connectivity index (χ3v) is 5.64. The zero-order valence-corrected chi connectivity index (χ0v) is 12.8. The van der Waals surface area contributed by atoms with Crippen molar-refractivity contribution < 1.29 is 4.79 Å². The van der Waals surface area contributed by atoms with E-state index in [4.69, 9.17) is 0 Å². The van der Waals surface area contributed by atoms with Gasteiger partial charge in [0.25, 0.3) is 0 Å². The van der Waals surface area contributed by atoms with E-state index in [1.165, 1.54) is 6.42 Å². The van der Waals surface area contributed by atoms with Gasteiger partial charge in [-0.25, -0.2) is 0 Å². The van der Waals surface area contributed by atoms with Gasteiger partial charge >= 0.3 is 0 Å². The summed E-state index contributed by atoms with van der Waals surface area (Å²) >= 11 is 7.02. The lowest BCUT2D eigenvalue weighted by atomic mass is 9.93. The first-order valence-corrected chi connectivity index (χ1v) is 7.64. The summed E-state index contributed by atoms with van der Waals surface area (Å²) in [6.45, 7) is 2.04. The van der Waals surface area contributed by atoms with Crippen LogP contribution in [0.25, 0.3) is 0 Å². The van der Waals surface area contributed by atoms with E-state index in [-0.39, 0.29) is 5.92 Å². The number of hydrogen-bond acceptors (Lipinski definition) is 1. The van der Waals surface area contributed by atoms with Crippen LogP contribution in [0.15, 0.2) is 21.1 Å². The molecular weight excluding hydrogens is 344 g/mol. The minimum absolute atomic E-state index is 0.268. The summed E-state index contributed by atoms with van der Waals surface area (Å²) in [6, 6.07) is 3.98. The van der Waals surface area contributed by atoms with Gasteiger partial charge in [-0.2, -0.15) is 0 Å². The Balaban J connectivity index is 1.88. The third-order valence-electron chi connectivity index (χ3n) is 4.13. The van der Waals surface area contributed by atoms with Gasteiger partial charge in [-0.1, -0.05) is 31.9 Å². The van der Waals surface area contributed by atoms with Crippen LogP contribution in [0.5, 0.6) is 0 Å². The summed E-state index contributed by atoms with van der Waals surface area (Å²) in [7, 11) is 0. The van der Waals surface area contributed by atoms with Gasteiger partial charge in [-0.3, -0.25) is 4.79 Å². The maximum atomic E-state index is 12.4. The summed E-state index contributed by atoms with van der Waals surface area (Å²) < 4.78 is 1.95. The number of carbonyl (C=O) groups is 1. The molecule has 0 saturated heterocycles. The van der Waals surface area contributed by atoms with Gasteiger partial charge in [0.15, 0.2) is 5.78 Å². The van der Waals surface area contributed by atoms with Crippen molar-refractivity contribution in [3.8, 4) is 0 Å². The van der Waals surface area contributed by atoms with Gasteiger partial charge in [0.05, 0.1) is 0 Å². The Hall–Kier alpha value is -0.150. The Morgan fingerprint density at radius 1 is 1.12 bits per heavy atom. The first-order chi connectivity index (χ1) is 8.06. The molecule has 0 bridgehead atoms. The van der Waals surface area contributed by atoms with Crippen molar-refractivity contribution in [1.82, 2.24) is 0 Å². The average molecular weight is 358 g/mol. The Labute approximate surface area is 118 Å². The largest absolute Gasteiger partial charge is 0.294 e. The highest BCUT2D eigenvalue weighted by molar-refractivity contribution is 9.11. The van der Waals surface area contributed by atoms with Crippen molar-refractivity contribution >= 4 is 37.6 Å². The zero-order valence-electron chi connectivity index (χ0n) is 9.67. The molecule has 17 heavy (non-hydrogen) atoms. The normalized spacial score (nSPS) is 30.2. The van der Waals surface area contributed by atoms with E-state index in [0.717, 1.165) is 44.7 Å². The standard InChI is InChI=1S/C14H14Br2O/c1-7-2-13(16)11(6-12(7)15)14(17)10-4-8-3-9(8)5-10/h2,6,8-10H,3-5H2,1H3. The van der Waals surface area contributed by atoms with E-state index in [1.807, 2.05) is 19.1 Å². The van der Waals surface area contributed by atoms with Crippen molar-refractivity contribution in [3.63, 3.8) is 0 Å². The molecule has 0 spiro atoms. The number of carbonyl (C=O) groups excluding carboxylic acids is 1. The second kappa shape index (κ2) is 4.20. The maximum Gasteiger partial charge on any atom is 0.167 e. The fourth-order valence-electron chi connectivity index (χ4n) is 2.98. The molecule has 1 aromatic carbocycles. The molecule has 1 nitrogen and oxygen atoms in total.